The van der Waals surface area contributed by atoms with Gasteiger partial charge in [-0.05, 0) is 30.0 Å². The van der Waals surface area contributed by atoms with E-state index in [1.807, 2.05) is 20.3 Å². The number of hydrogen-bond acceptors (Lipinski definition) is 4. The minimum atomic E-state index is 0.201. The van der Waals surface area contributed by atoms with Crippen LogP contribution in [0.1, 0.15) is 30.0 Å². The predicted molar refractivity (Wildman–Crippen MR) is 96.1 cm³/mol. The molecule has 1 atom stereocenters. The van der Waals surface area contributed by atoms with E-state index in [0.29, 0.717) is 6.42 Å². The van der Waals surface area contributed by atoms with E-state index in [9.17, 15) is 4.79 Å². The first kappa shape index (κ1) is 16.3. The highest BCUT2D eigenvalue weighted by molar-refractivity contribution is 5.92. The van der Waals surface area contributed by atoms with Crippen molar-refractivity contribution in [1.82, 2.24) is 15.3 Å². The van der Waals surface area contributed by atoms with E-state index >= 15 is 0 Å². The van der Waals surface area contributed by atoms with Crippen molar-refractivity contribution >= 4 is 11.5 Å². The number of carbonyl (C=O) groups is 1. The Bertz CT molecular complexity index is 701. The number of ketones is 1. The summed E-state index contributed by atoms with van der Waals surface area (Å²) in [5.74, 6) is 0.459. The van der Waals surface area contributed by atoms with E-state index in [4.69, 9.17) is 0 Å². The summed E-state index contributed by atoms with van der Waals surface area (Å²) in [6.45, 7) is 0.799. The molecule has 0 spiro atoms. The lowest BCUT2D eigenvalue weighted by Gasteiger charge is -2.24. The maximum absolute atomic E-state index is 12.1. The molecule has 24 heavy (non-hydrogen) atoms. The highest BCUT2D eigenvalue weighted by Gasteiger charge is 2.22. The van der Waals surface area contributed by atoms with Gasteiger partial charge in [0.25, 0.3) is 0 Å². The third-order valence-corrected chi connectivity index (χ3v) is 4.43. The fourth-order valence-electron chi connectivity index (χ4n) is 3.08. The second-order valence-corrected chi connectivity index (χ2v) is 6.48. The molecule has 0 saturated carbocycles. The van der Waals surface area contributed by atoms with Crippen LogP contribution in [0.2, 0.25) is 0 Å². The van der Waals surface area contributed by atoms with E-state index < -0.39 is 0 Å². The number of H-pyrrole nitrogens is 1. The summed E-state index contributed by atoms with van der Waals surface area (Å²) in [6.07, 6.45) is 7.62. The summed E-state index contributed by atoms with van der Waals surface area (Å²) in [6, 6.07) is 8.51. The molecule has 0 radical (unpaired) electrons. The number of aromatic amines is 1. The number of hydrogen-bond donors (Lipinski definition) is 2. The summed E-state index contributed by atoms with van der Waals surface area (Å²) < 4.78 is 0. The SMILES string of the molecule is CN(C)c1ccc([C@@H]2CC(=O)C=C(NCCc3cnc[nH]3)C2)cc1. The lowest BCUT2D eigenvalue weighted by molar-refractivity contribution is -0.115. The summed E-state index contributed by atoms with van der Waals surface area (Å²) in [4.78, 5) is 21.3. The molecule has 1 aliphatic rings. The van der Waals surface area contributed by atoms with Gasteiger partial charge in [0, 0.05) is 62.8 Å². The molecule has 5 nitrogen and oxygen atoms in total. The van der Waals surface area contributed by atoms with Crippen LogP contribution in [0.3, 0.4) is 0 Å². The molecule has 1 aromatic heterocycles. The number of imidazole rings is 1. The smallest absolute Gasteiger partial charge is 0.158 e. The summed E-state index contributed by atoms with van der Waals surface area (Å²) in [7, 11) is 4.06. The molecule has 1 heterocycles. The topological polar surface area (TPSA) is 61.0 Å². The molecular formula is C19H24N4O. The van der Waals surface area contributed by atoms with Crippen molar-refractivity contribution in [3.05, 3.63) is 59.8 Å². The van der Waals surface area contributed by atoms with Crippen LogP contribution < -0.4 is 10.2 Å². The highest BCUT2D eigenvalue weighted by Crippen LogP contribution is 2.31. The second-order valence-electron chi connectivity index (χ2n) is 6.48. The van der Waals surface area contributed by atoms with Gasteiger partial charge in [0.15, 0.2) is 5.78 Å². The first-order valence-corrected chi connectivity index (χ1v) is 8.33. The van der Waals surface area contributed by atoms with Crippen LogP contribution in [0.25, 0.3) is 0 Å². The number of benzene rings is 1. The molecule has 0 amide bonds. The summed E-state index contributed by atoms with van der Waals surface area (Å²) in [5, 5.41) is 3.40. The quantitative estimate of drug-likeness (QED) is 0.857. The van der Waals surface area contributed by atoms with Gasteiger partial charge in [-0.2, -0.15) is 0 Å². The fourth-order valence-corrected chi connectivity index (χ4v) is 3.08. The number of aromatic nitrogens is 2. The van der Waals surface area contributed by atoms with Crippen molar-refractivity contribution < 1.29 is 4.79 Å². The normalized spacial score (nSPS) is 17.5. The van der Waals surface area contributed by atoms with E-state index in [-0.39, 0.29) is 11.7 Å². The van der Waals surface area contributed by atoms with Gasteiger partial charge in [0.05, 0.1) is 6.33 Å². The molecule has 2 N–H and O–H groups in total. The molecule has 0 aliphatic heterocycles. The fraction of sp³-hybridized carbons (Fsp3) is 0.368. The Labute approximate surface area is 142 Å². The zero-order chi connectivity index (χ0) is 16.9. The van der Waals surface area contributed by atoms with Crippen LogP contribution in [-0.2, 0) is 11.2 Å². The van der Waals surface area contributed by atoms with Crippen LogP contribution in [0.4, 0.5) is 5.69 Å². The zero-order valence-electron chi connectivity index (χ0n) is 14.2. The third-order valence-electron chi connectivity index (χ3n) is 4.43. The van der Waals surface area contributed by atoms with Crippen molar-refractivity contribution in [2.24, 2.45) is 0 Å². The average Bonchev–Trinajstić information content (AvgIpc) is 3.08. The minimum absolute atomic E-state index is 0.201. The largest absolute Gasteiger partial charge is 0.388 e. The predicted octanol–water partition coefficient (Wildman–Crippen LogP) is 2.64. The lowest BCUT2D eigenvalue weighted by Crippen LogP contribution is -2.24. The zero-order valence-corrected chi connectivity index (χ0v) is 14.2. The number of nitrogens with zero attached hydrogens (tertiary/aromatic N) is 2. The van der Waals surface area contributed by atoms with Crippen LogP contribution in [0, 0.1) is 0 Å². The van der Waals surface area contributed by atoms with Crippen LogP contribution in [-0.4, -0.2) is 36.4 Å². The molecule has 1 aromatic carbocycles. The maximum atomic E-state index is 12.1. The van der Waals surface area contributed by atoms with Gasteiger partial charge in [-0.3, -0.25) is 4.79 Å². The van der Waals surface area contributed by atoms with Crippen molar-refractivity contribution in [3.8, 4) is 0 Å². The van der Waals surface area contributed by atoms with E-state index in [0.717, 1.165) is 30.8 Å². The minimum Gasteiger partial charge on any atom is -0.388 e. The monoisotopic (exact) mass is 324 g/mol. The second kappa shape index (κ2) is 7.34. The molecule has 0 saturated heterocycles. The molecule has 0 unspecified atom stereocenters. The van der Waals surface area contributed by atoms with Gasteiger partial charge in [0.1, 0.15) is 0 Å². The van der Waals surface area contributed by atoms with Gasteiger partial charge >= 0.3 is 0 Å². The van der Waals surface area contributed by atoms with Crippen molar-refractivity contribution in [2.75, 3.05) is 25.5 Å². The van der Waals surface area contributed by atoms with Crippen LogP contribution in [0.5, 0.6) is 0 Å². The number of anilines is 1. The van der Waals surface area contributed by atoms with E-state index in [1.165, 1.54) is 11.3 Å². The molecular weight excluding hydrogens is 300 g/mol. The van der Waals surface area contributed by atoms with Gasteiger partial charge in [0.2, 0.25) is 0 Å². The van der Waals surface area contributed by atoms with Crippen molar-refractivity contribution in [3.63, 3.8) is 0 Å². The van der Waals surface area contributed by atoms with Crippen LogP contribution in [0.15, 0.2) is 48.6 Å². The lowest BCUT2D eigenvalue weighted by atomic mass is 9.85. The Kier molecular flexibility index (Phi) is 4.99. The highest BCUT2D eigenvalue weighted by atomic mass is 16.1. The number of rotatable bonds is 6. The van der Waals surface area contributed by atoms with Gasteiger partial charge in [-0.15, -0.1) is 0 Å². The Hall–Kier alpha value is -2.56. The van der Waals surface area contributed by atoms with Gasteiger partial charge < -0.3 is 15.2 Å². The number of nitrogens with one attached hydrogen (secondary N) is 2. The average molecular weight is 324 g/mol. The molecule has 0 bridgehead atoms. The van der Waals surface area contributed by atoms with Crippen molar-refractivity contribution in [1.29, 1.82) is 0 Å². The maximum Gasteiger partial charge on any atom is 0.158 e. The molecule has 2 aromatic rings. The molecule has 0 fully saturated rings. The Morgan fingerprint density at radius 2 is 2.04 bits per heavy atom. The summed E-state index contributed by atoms with van der Waals surface area (Å²) >= 11 is 0. The standard InChI is InChI=1S/C19H24N4O/c1-23(2)18-5-3-14(4-6-18)15-9-17(11-19(24)10-15)21-8-7-16-12-20-13-22-16/h3-6,11-13,15,21H,7-10H2,1-2H3,(H,20,22)/t15-/m0/s1. The van der Waals surface area contributed by atoms with Crippen molar-refractivity contribution in [2.45, 2.75) is 25.2 Å². The Morgan fingerprint density at radius 3 is 2.71 bits per heavy atom. The summed E-state index contributed by atoms with van der Waals surface area (Å²) in [5.41, 5.74) is 4.54. The molecule has 5 heteroatoms. The first-order chi connectivity index (χ1) is 11.6. The Morgan fingerprint density at radius 1 is 1.25 bits per heavy atom. The first-order valence-electron chi connectivity index (χ1n) is 8.33. The molecule has 3 rings (SSSR count). The molecule has 1 aliphatic carbocycles. The number of carbonyl (C=O) groups excluding carboxylic acids is 1. The van der Waals surface area contributed by atoms with E-state index in [1.54, 1.807) is 12.4 Å². The van der Waals surface area contributed by atoms with Gasteiger partial charge in [-0.25, -0.2) is 4.98 Å². The Balaban J connectivity index is 1.60. The van der Waals surface area contributed by atoms with Crippen LogP contribution >= 0.6 is 0 Å². The third kappa shape index (κ3) is 4.04. The molecule has 126 valence electrons. The van der Waals surface area contributed by atoms with Gasteiger partial charge in [-0.1, -0.05) is 12.1 Å². The van der Waals surface area contributed by atoms with E-state index in [2.05, 4.69) is 44.5 Å². The number of allylic oxidation sites excluding steroid dienone is 2.